The maximum absolute atomic E-state index is 13.5. The number of aliphatic imine (C=N–C) groups is 1. The fourth-order valence-electron chi connectivity index (χ4n) is 4.06. The molecule has 0 spiro atoms. The molecule has 4 nitrogen and oxygen atoms in total. The number of amidine groups is 1. The normalized spacial score (nSPS) is 19.1. The summed E-state index contributed by atoms with van der Waals surface area (Å²) in [5, 5.41) is 0. The highest BCUT2D eigenvalue weighted by Crippen LogP contribution is 2.42. The summed E-state index contributed by atoms with van der Waals surface area (Å²) in [6.07, 6.45) is 1.85. The van der Waals surface area contributed by atoms with Crippen LogP contribution in [0.15, 0.2) is 68.1 Å². The summed E-state index contributed by atoms with van der Waals surface area (Å²) in [5.41, 5.74) is 4.98. The van der Waals surface area contributed by atoms with Gasteiger partial charge in [-0.05, 0) is 49.7 Å². The fourth-order valence-corrected chi connectivity index (χ4v) is 5.96. The third-order valence-corrected chi connectivity index (χ3v) is 7.87. The van der Waals surface area contributed by atoms with E-state index in [1.807, 2.05) is 17.6 Å². The number of hydrogen-bond acceptors (Lipinski definition) is 6. The van der Waals surface area contributed by atoms with E-state index < -0.39 is 0 Å². The molecule has 2 aromatic carbocycles. The van der Waals surface area contributed by atoms with Gasteiger partial charge in [-0.25, -0.2) is 14.4 Å². The largest absolute Gasteiger partial charge is 0.352 e. The molecule has 1 fully saturated rings. The van der Waals surface area contributed by atoms with Crippen LogP contribution >= 0.6 is 23.1 Å². The summed E-state index contributed by atoms with van der Waals surface area (Å²) in [6, 6.07) is 15.6. The van der Waals surface area contributed by atoms with Crippen LogP contribution in [-0.4, -0.2) is 53.3 Å². The van der Waals surface area contributed by atoms with E-state index in [1.54, 1.807) is 35.2 Å². The van der Waals surface area contributed by atoms with Gasteiger partial charge in [0.05, 0.1) is 15.4 Å². The highest BCUT2D eigenvalue weighted by atomic mass is 32.2. The predicted molar refractivity (Wildman–Crippen MR) is 122 cm³/mol. The molecule has 0 N–H and O–H groups in total. The van der Waals surface area contributed by atoms with Crippen molar-refractivity contribution < 1.29 is 4.39 Å². The lowest BCUT2D eigenvalue weighted by atomic mass is 10.0. The minimum atomic E-state index is -0.161. The highest BCUT2D eigenvalue weighted by molar-refractivity contribution is 8.01. The zero-order valence-electron chi connectivity index (χ0n) is 16.8. The molecule has 3 heterocycles. The first-order chi connectivity index (χ1) is 14.7. The minimum absolute atomic E-state index is 0.161. The average Bonchev–Trinajstić information content (AvgIpc) is 3.14. The van der Waals surface area contributed by atoms with E-state index >= 15 is 0 Å². The number of rotatable bonds is 3. The van der Waals surface area contributed by atoms with Crippen molar-refractivity contribution >= 4 is 34.6 Å². The van der Waals surface area contributed by atoms with Crippen molar-refractivity contribution in [3.8, 4) is 0 Å². The summed E-state index contributed by atoms with van der Waals surface area (Å²) < 4.78 is 14.7. The molecule has 1 unspecified atom stereocenters. The van der Waals surface area contributed by atoms with Crippen LogP contribution in [0.3, 0.4) is 0 Å². The molecule has 0 bridgehead atoms. The van der Waals surface area contributed by atoms with Crippen molar-refractivity contribution in [2.75, 3.05) is 26.7 Å². The average molecular weight is 439 g/mol. The molecule has 2 aliphatic heterocycles. The van der Waals surface area contributed by atoms with Gasteiger partial charge in [0.2, 0.25) is 0 Å². The van der Waals surface area contributed by atoms with Gasteiger partial charge in [0.15, 0.2) is 5.84 Å². The third kappa shape index (κ3) is 4.02. The number of nitrogens with zero attached hydrogens (tertiary/aromatic N) is 4. The number of hydrogen-bond donors (Lipinski definition) is 0. The van der Waals surface area contributed by atoms with Crippen LogP contribution in [0.4, 0.5) is 10.1 Å². The highest BCUT2D eigenvalue weighted by Gasteiger charge is 2.30. The van der Waals surface area contributed by atoms with Gasteiger partial charge < -0.3 is 4.90 Å². The van der Waals surface area contributed by atoms with Gasteiger partial charge in [0, 0.05) is 30.6 Å². The number of benzene rings is 2. The standard InChI is InChI=1S/C23H23FN4S2/c1-27-11-12-28(14-18(27)10-9-16-5-4-6-17(24)13-16)22-21-23(29-15-25-21)30-20-8-3-2-7-19(20)26-22/h2-8,13,15,18H,9-12,14H2,1H3. The number of likely N-dealkylation sites (N-methyl/N-ethyl adjacent to an activating group) is 1. The molecule has 154 valence electrons. The summed E-state index contributed by atoms with van der Waals surface area (Å²) in [6.45, 7) is 2.80. The molecular formula is C23H23FN4S2. The van der Waals surface area contributed by atoms with Crippen molar-refractivity contribution in [3.05, 3.63) is 71.1 Å². The number of halogens is 1. The number of fused-ring (bicyclic) bond motifs is 2. The first-order valence-electron chi connectivity index (χ1n) is 10.2. The van der Waals surface area contributed by atoms with Gasteiger partial charge in [-0.15, -0.1) is 11.3 Å². The van der Waals surface area contributed by atoms with Crippen LogP contribution in [0.1, 0.15) is 17.7 Å². The van der Waals surface area contributed by atoms with Crippen molar-refractivity contribution in [2.24, 2.45) is 4.99 Å². The molecule has 3 aromatic rings. The Kier molecular flexibility index (Phi) is 5.58. The molecule has 1 saturated heterocycles. The number of thiazole rings is 1. The van der Waals surface area contributed by atoms with Gasteiger partial charge in [0.1, 0.15) is 11.5 Å². The van der Waals surface area contributed by atoms with E-state index in [9.17, 15) is 4.39 Å². The number of aryl methyl sites for hydroxylation is 1. The molecule has 5 rings (SSSR count). The summed E-state index contributed by atoms with van der Waals surface area (Å²) >= 11 is 3.44. The van der Waals surface area contributed by atoms with Crippen molar-refractivity contribution in [2.45, 2.75) is 28.0 Å². The molecule has 2 aliphatic rings. The molecule has 1 aromatic heterocycles. The zero-order chi connectivity index (χ0) is 20.5. The second kappa shape index (κ2) is 8.49. The molecule has 0 amide bonds. The van der Waals surface area contributed by atoms with Crippen LogP contribution in [0.2, 0.25) is 0 Å². The Morgan fingerprint density at radius 1 is 1.13 bits per heavy atom. The van der Waals surface area contributed by atoms with Gasteiger partial charge >= 0.3 is 0 Å². The van der Waals surface area contributed by atoms with Gasteiger partial charge in [-0.1, -0.05) is 36.0 Å². The van der Waals surface area contributed by atoms with Crippen LogP contribution in [0.25, 0.3) is 0 Å². The maximum atomic E-state index is 13.5. The molecule has 0 aliphatic carbocycles. The van der Waals surface area contributed by atoms with Crippen molar-refractivity contribution in [1.82, 2.24) is 14.8 Å². The zero-order valence-corrected chi connectivity index (χ0v) is 18.4. The lowest BCUT2D eigenvalue weighted by molar-refractivity contribution is 0.134. The summed E-state index contributed by atoms with van der Waals surface area (Å²) in [4.78, 5) is 15.7. The molecule has 0 saturated carbocycles. The van der Waals surface area contributed by atoms with Crippen LogP contribution < -0.4 is 0 Å². The molecule has 30 heavy (non-hydrogen) atoms. The van der Waals surface area contributed by atoms with Crippen LogP contribution in [0, 0.1) is 5.82 Å². The lowest BCUT2D eigenvalue weighted by Gasteiger charge is -2.40. The van der Waals surface area contributed by atoms with E-state index in [4.69, 9.17) is 4.99 Å². The first kappa shape index (κ1) is 19.7. The Morgan fingerprint density at radius 3 is 2.93 bits per heavy atom. The maximum Gasteiger partial charge on any atom is 0.157 e. The topological polar surface area (TPSA) is 31.7 Å². The van der Waals surface area contributed by atoms with Gasteiger partial charge in [0.25, 0.3) is 0 Å². The smallest absolute Gasteiger partial charge is 0.157 e. The lowest BCUT2D eigenvalue weighted by Crippen LogP contribution is -2.53. The van der Waals surface area contributed by atoms with E-state index in [0.717, 1.165) is 55.3 Å². The van der Waals surface area contributed by atoms with Gasteiger partial charge in [-0.3, -0.25) is 4.90 Å². The Hall–Kier alpha value is -2.22. The van der Waals surface area contributed by atoms with Crippen molar-refractivity contribution in [3.63, 3.8) is 0 Å². The van der Waals surface area contributed by atoms with Gasteiger partial charge in [-0.2, -0.15) is 0 Å². The quantitative estimate of drug-likeness (QED) is 0.571. The van der Waals surface area contributed by atoms with E-state index in [1.165, 1.54) is 15.2 Å². The summed E-state index contributed by atoms with van der Waals surface area (Å²) in [7, 11) is 2.18. The Balaban J connectivity index is 1.39. The minimum Gasteiger partial charge on any atom is -0.352 e. The number of aromatic nitrogens is 1. The second-order valence-corrected chi connectivity index (χ2v) is 9.91. The van der Waals surface area contributed by atoms with Crippen molar-refractivity contribution in [1.29, 1.82) is 0 Å². The molecule has 0 radical (unpaired) electrons. The van der Waals surface area contributed by atoms with E-state index in [0.29, 0.717) is 6.04 Å². The predicted octanol–water partition coefficient (Wildman–Crippen LogP) is 5.07. The monoisotopic (exact) mass is 438 g/mol. The SMILES string of the molecule is CN1CCN(C2=Nc3ccccc3Sc3scnc32)CC1CCc1cccc(F)c1. The Morgan fingerprint density at radius 2 is 2.03 bits per heavy atom. The van der Waals surface area contributed by atoms with E-state index in [-0.39, 0.29) is 5.82 Å². The fraction of sp³-hybridized carbons (Fsp3) is 0.304. The summed E-state index contributed by atoms with van der Waals surface area (Å²) in [5.74, 6) is 0.818. The Labute approximate surface area is 184 Å². The van der Waals surface area contributed by atoms with Crippen LogP contribution in [-0.2, 0) is 6.42 Å². The number of piperazine rings is 1. The molecule has 1 atom stereocenters. The second-order valence-electron chi connectivity index (χ2n) is 7.74. The molecule has 7 heteroatoms. The Bertz CT molecular complexity index is 1080. The first-order valence-corrected chi connectivity index (χ1v) is 11.9. The molecular weight excluding hydrogens is 415 g/mol. The van der Waals surface area contributed by atoms with E-state index in [2.05, 4.69) is 40.0 Å². The number of para-hydroxylation sites is 1. The van der Waals surface area contributed by atoms with Crippen LogP contribution in [0.5, 0.6) is 0 Å². The third-order valence-electron chi connectivity index (χ3n) is 5.77.